The molecule has 0 radical (unpaired) electrons. The van der Waals surface area contributed by atoms with Crippen LogP contribution in [0.25, 0.3) is 0 Å². The van der Waals surface area contributed by atoms with Gasteiger partial charge in [0, 0.05) is 6.42 Å². The molecule has 112 valence electrons. The number of hydrogen-bond acceptors (Lipinski definition) is 6. The molecule has 6 nitrogen and oxygen atoms in total. The average molecular weight is 299 g/mol. The van der Waals surface area contributed by atoms with Crippen LogP contribution >= 0.6 is 0 Å². The van der Waals surface area contributed by atoms with Gasteiger partial charge >= 0.3 is 0 Å². The van der Waals surface area contributed by atoms with Gasteiger partial charge in [0.25, 0.3) is 0 Å². The van der Waals surface area contributed by atoms with Crippen LogP contribution in [0.2, 0.25) is 0 Å². The highest BCUT2D eigenvalue weighted by Gasteiger charge is 2.31. The molecule has 0 spiro atoms. The summed E-state index contributed by atoms with van der Waals surface area (Å²) < 4.78 is 29.2. The number of nitrogens with zero attached hydrogens (tertiary/aromatic N) is 2. The van der Waals surface area contributed by atoms with Crippen LogP contribution in [0.1, 0.15) is 56.3 Å². The van der Waals surface area contributed by atoms with Crippen molar-refractivity contribution in [1.29, 1.82) is 0 Å². The third kappa shape index (κ3) is 3.03. The number of rotatable bonds is 3. The molecule has 2 saturated heterocycles. The Balaban J connectivity index is 1.67. The molecule has 3 rings (SSSR count). The Morgan fingerprint density at radius 2 is 2.05 bits per heavy atom. The lowest BCUT2D eigenvalue weighted by Crippen LogP contribution is -2.30. The van der Waals surface area contributed by atoms with E-state index in [9.17, 15) is 8.42 Å². The smallest absolute Gasteiger partial charge is 0.228 e. The molecule has 20 heavy (non-hydrogen) atoms. The first-order valence-corrected chi connectivity index (χ1v) is 9.14. The van der Waals surface area contributed by atoms with E-state index >= 15 is 0 Å². The van der Waals surface area contributed by atoms with E-state index in [0.717, 1.165) is 25.8 Å². The third-order valence-electron chi connectivity index (χ3n) is 4.22. The van der Waals surface area contributed by atoms with Gasteiger partial charge in [-0.15, -0.1) is 0 Å². The van der Waals surface area contributed by atoms with E-state index in [1.807, 2.05) is 0 Å². The maximum absolute atomic E-state index is 12.0. The molecule has 7 heteroatoms. The van der Waals surface area contributed by atoms with Crippen molar-refractivity contribution >= 4 is 9.84 Å². The number of aromatic nitrogens is 2. The maximum Gasteiger partial charge on any atom is 0.228 e. The largest absolute Gasteiger partial charge is 0.339 e. The highest BCUT2D eigenvalue weighted by molar-refractivity contribution is 7.92. The van der Waals surface area contributed by atoms with Crippen LogP contribution in [0.4, 0.5) is 0 Å². The van der Waals surface area contributed by atoms with Crippen LogP contribution in [0.15, 0.2) is 4.52 Å². The molecule has 0 bridgehead atoms. The van der Waals surface area contributed by atoms with Gasteiger partial charge in [-0.05, 0) is 32.2 Å². The number of piperidine rings is 1. The molecule has 0 amide bonds. The second-order valence-corrected chi connectivity index (χ2v) is 8.14. The molecule has 2 aliphatic heterocycles. The van der Waals surface area contributed by atoms with Gasteiger partial charge in [0.1, 0.15) is 0 Å². The lowest BCUT2D eigenvalue weighted by molar-refractivity contribution is 0.345. The van der Waals surface area contributed by atoms with E-state index in [2.05, 4.69) is 15.5 Å². The summed E-state index contributed by atoms with van der Waals surface area (Å²) in [6, 6.07) is 0.157. The fraction of sp³-hybridized carbons (Fsp3) is 0.846. The van der Waals surface area contributed by atoms with Gasteiger partial charge in [-0.2, -0.15) is 4.98 Å². The predicted octanol–water partition coefficient (Wildman–Crippen LogP) is 1.39. The lowest BCUT2D eigenvalue weighted by Gasteiger charge is -2.20. The van der Waals surface area contributed by atoms with Crippen molar-refractivity contribution in [3.05, 3.63) is 11.7 Å². The first kappa shape index (κ1) is 14.0. The minimum atomic E-state index is -2.98. The van der Waals surface area contributed by atoms with Crippen LogP contribution in [0.5, 0.6) is 0 Å². The van der Waals surface area contributed by atoms with Crippen LogP contribution < -0.4 is 5.32 Å². The standard InChI is InChI=1S/C13H21N3O3S/c17-20(18)8-4-2-5-10(20)9-12-15-13(16-19-12)11-6-1-3-7-14-11/h10-11,14H,1-9H2. The Kier molecular flexibility index (Phi) is 4.07. The molecule has 1 N–H and O–H groups in total. The molecule has 0 aromatic carbocycles. The molecule has 2 unspecified atom stereocenters. The summed E-state index contributed by atoms with van der Waals surface area (Å²) in [5.74, 6) is 1.43. The van der Waals surface area contributed by atoms with Crippen molar-refractivity contribution in [3.8, 4) is 0 Å². The van der Waals surface area contributed by atoms with Crippen molar-refractivity contribution in [1.82, 2.24) is 15.5 Å². The van der Waals surface area contributed by atoms with E-state index in [-0.39, 0.29) is 11.3 Å². The minimum Gasteiger partial charge on any atom is -0.339 e. The van der Waals surface area contributed by atoms with Gasteiger partial charge in [0.05, 0.1) is 17.0 Å². The Labute approximate surface area is 119 Å². The molecule has 2 atom stereocenters. The molecular weight excluding hydrogens is 278 g/mol. The molecule has 0 saturated carbocycles. The van der Waals surface area contributed by atoms with Crippen LogP contribution in [0, 0.1) is 0 Å². The van der Waals surface area contributed by atoms with Gasteiger partial charge in [0.15, 0.2) is 15.7 Å². The zero-order valence-corrected chi connectivity index (χ0v) is 12.4. The second-order valence-electron chi connectivity index (χ2n) is 5.74. The molecule has 0 aliphatic carbocycles. The van der Waals surface area contributed by atoms with E-state index in [0.29, 0.717) is 30.3 Å². The quantitative estimate of drug-likeness (QED) is 0.908. The Morgan fingerprint density at radius 1 is 1.20 bits per heavy atom. The fourth-order valence-corrected chi connectivity index (χ4v) is 4.87. The molecule has 1 aromatic heterocycles. The minimum absolute atomic E-state index is 0.157. The number of hydrogen-bond donors (Lipinski definition) is 1. The molecule has 3 heterocycles. The zero-order valence-electron chi connectivity index (χ0n) is 11.5. The van der Waals surface area contributed by atoms with Crippen molar-refractivity contribution in [2.45, 2.75) is 56.2 Å². The molecular formula is C13H21N3O3S. The maximum atomic E-state index is 12.0. The van der Waals surface area contributed by atoms with E-state index < -0.39 is 9.84 Å². The van der Waals surface area contributed by atoms with Gasteiger partial charge in [-0.1, -0.05) is 18.0 Å². The van der Waals surface area contributed by atoms with Gasteiger partial charge in [-0.25, -0.2) is 8.42 Å². The second kappa shape index (κ2) is 5.81. The van der Waals surface area contributed by atoms with Crippen molar-refractivity contribution in [3.63, 3.8) is 0 Å². The molecule has 2 fully saturated rings. The van der Waals surface area contributed by atoms with Crippen LogP contribution in [-0.2, 0) is 16.3 Å². The summed E-state index contributed by atoms with van der Waals surface area (Å²) >= 11 is 0. The van der Waals surface area contributed by atoms with Crippen molar-refractivity contribution in [2.75, 3.05) is 12.3 Å². The molecule has 2 aliphatic rings. The average Bonchev–Trinajstić information content (AvgIpc) is 2.91. The van der Waals surface area contributed by atoms with Crippen molar-refractivity contribution in [2.24, 2.45) is 0 Å². The Morgan fingerprint density at radius 3 is 2.80 bits per heavy atom. The highest BCUT2D eigenvalue weighted by Crippen LogP contribution is 2.24. The summed E-state index contributed by atoms with van der Waals surface area (Å²) in [5, 5.41) is 7.03. The normalized spacial score (nSPS) is 30.2. The summed E-state index contributed by atoms with van der Waals surface area (Å²) in [6.45, 7) is 0.978. The van der Waals surface area contributed by atoms with E-state index in [1.54, 1.807) is 0 Å². The Bertz CT molecular complexity index is 549. The highest BCUT2D eigenvalue weighted by atomic mass is 32.2. The SMILES string of the molecule is O=S1(=O)CCCCC1Cc1nc(C2CCCCN2)no1. The summed E-state index contributed by atoms with van der Waals surface area (Å²) in [7, 11) is -2.98. The summed E-state index contributed by atoms with van der Waals surface area (Å²) in [4.78, 5) is 4.39. The molecule has 1 aromatic rings. The van der Waals surface area contributed by atoms with Gasteiger partial charge < -0.3 is 9.84 Å². The monoisotopic (exact) mass is 299 g/mol. The summed E-state index contributed by atoms with van der Waals surface area (Å²) in [5.41, 5.74) is 0. The first-order chi connectivity index (χ1) is 9.65. The topological polar surface area (TPSA) is 85.1 Å². The van der Waals surface area contributed by atoms with Gasteiger partial charge in [-0.3, -0.25) is 0 Å². The van der Waals surface area contributed by atoms with Gasteiger partial charge in [0.2, 0.25) is 5.89 Å². The van der Waals surface area contributed by atoms with Crippen LogP contribution in [-0.4, -0.2) is 36.1 Å². The number of sulfone groups is 1. The summed E-state index contributed by atoms with van der Waals surface area (Å²) in [6.07, 6.45) is 6.18. The van der Waals surface area contributed by atoms with Crippen LogP contribution in [0.3, 0.4) is 0 Å². The van der Waals surface area contributed by atoms with E-state index in [1.165, 1.54) is 12.8 Å². The first-order valence-electron chi connectivity index (χ1n) is 7.42. The van der Waals surface area contributed by atoms with Crippen molar-refractivity contribution < 1.29 is 12.9 Å². The lowest BCUT2D eigenvalue weighted by atomic mass is 10.0. The predicted molar refractivity (Wildman–Crippen MR) is 74.0 cm³/mol. The zero-order chi connectivity index (χ0) is 14.0. The third-order valence-corrected chi connectivity index (χ3v) is 6.50. The Hall–Kier alpha value is -0.950. The van der Waals surface area contributed by atoms with E-state index in [4.69, 9.17) is 4.52 Å². The number of nitrogens with one attached hydrogen (secondary N) is 1. The fourth-order valence-electron chi connectivity index (χ4n) is 3.01.